The SMILES string of the molecule is O=C1N=C(CC2CO2)C(CC2CO2)=N1. The first-order valence-corrected chi connectivity index (χ1v) is 4.74. The van der Waals surface area contributed by atoms with E-state index in [1.54, 1.807) is 0 Å². The Morgan fingerprint density at radius 2 is 1.50 bits per heavy atom. The molecule has 0 aromatic carbocycles. The van der Waals surface area contributed by atoms with Gasteiger partial charge in [0, 0.05) is 12.8 Å². The molecule has 2 amide bonds. The zero-order valence-corrected chi connectivity index (χ0v) is 7.60. The van der Waals surface area contributed by atoms with E-state index in [1.807, 2.05) is 0 Å². The number of ether oxygens (including phenoxy) is 2. The van der Waals surface area contributed by atoms with Crippen LogP contribution in [0, 0.1) is 0 Å². The van der Waals surface area contributed by atoms with Crippen molar-refractivity contribution < 1.29 is 14.3 Å². The molecule has 0 bridgehead atoms. The van der Waals surface area contributed by atoms with Gasteiger partial charge in [-0.3, -0.25) is 0 Å². The Bertz CT molecular complexity index is 308. The van der Waals surface area contributed by atoms with E-state index in [9.17, 15) is 4.79 Å². The van der Waals surface area contributed by atoms with Crippen molar-refractivity contribution in [2.24, 2.45) is 9.98 Å². The normalized spacial score (nSPS) is 34.1. The summed E-state index contributed by atoms with van der Waals surface area (Å²) in [5.41, 5.74) is 1.60. The molecular weight excluding hydrogens is 184 g/mol. The van der Waals surface area contributed by atoms with Crippen molar-refractivity contribution in [1.82, 2.24) is 0 Å². The van der Waals surface area contributed by atoms with Crippen molar-refractivity contribution in [3.05, 3.63) is 0 Å². The first-order valence-electron chi connectivity index (χ1n) is 4.74. The van der Waals surface area contributed by atoms with E-state index in [0.717, 1.165) is 37.5 Å². The van der Waals surface area contributed by atoms with Crippen LogP contribution in [0.2, 0.25) is 0 Å². The summed E-state index contributed by atoms with van der Waals surface area (Å²) in [5.74, 6) is 0. The molecule has 0 saturated carbocycles. The van der Waals surface area contributed by atoms with Crippen LogP contribution in [0.5, 0.6) is 0 Å². The average Bonchev–Trinajstić information content (AvgIpc) is 2.95. The minimum Gasteiger partial charge on any atom is -0.373 e. The Morgan fingerprint density at radius 1 is 1.07 bits per heavy atom. The highest BCUT2D eigenvalue weighted by atomic mass is 16.6. The van der Waals surface area contributed by atoms with Gasteiger partial charge >= 0.3 is 6.03 Å². The van der Waals surface area contributed by atoms with Crippen molar-refractivity contribution in [2.75, 3.05) is 13.2 Å². The van der Waals surface area contributed by atoms with Crippen LogP contribution in [0.3, 0.4) is 0 Å². The summed E-state index contributed by atoms with van der Waals surface area (Å²) in [7, 11) is 0. The number of hydrogen-bond donors (Lipinski definition) is 0. The van der Waals surface area contributed by atoms with E-state index in [2.05, 4.69) is 9.98 Å². The second kappa shape index (κ2) is 2.96. The third kappa shape index (κ3) is 1.73. The highest BCUT2D eigenvalue weighted by Gasteiger charge is 2.33. The van der Waals surface area contributed by atoms with Crippen molar-refractivity contribution in [1.29, 1.82) is 0 Å². The summed E-state index contributed by atoms with van der Waals surface area (Å²) < 4.78 is 10.2. The van der Waals surface area contributed by atoms with Crippen LogP contribution in [0.15, 0.2) is 9.98 Å². The van der Waals surface area contributed by atoms with Crippen molar-refractivity contribution in [3.8, 4) is 0 Å². The maximum atomic E-state index is 11.0. The summed E-state index contributed by atoms with van der Waals surface area (Å²) in [6.07, 6.45) is 1.95. The van der Waals surface area contributed by atoms with Crippen LogP contribution in [0.4, 0.5) is 4.79 Å². The molecule has 2 saturated heterocycles. The van der Waals surface area contributed by atoms with Crippen LogP contribution in [0.25, 0.3) is 0 Å². The topological polar surface area (TPSA) is 66.8 Å². The molecule has 0 aromatic rings. The highest BCUT2D eigenvalue weighted by Crippen LogP contribution is 2.21. The first kappa shape index (κ1) is 8.26. The van der Waals surface area contributed by atoms with Gasteiger partial charge in [0.05, 0.1) is 36.8 Å². The maximum Gasteiger partial charge on any atom is 0.367 e. The van der Waals surface area contributed by atoms with Crippen LogP contribution in [-0.2, 0) is 9.47 Å². The van der Waals surface area contributed by atoms with Gasteiger partial charge in [0.1, 0.15) is 0 Å². The molecule has 5 nitrogen and oxygen atoms in total. The van der Waals surface area contributed by atoms with E-state index in [4.69, 9.17) is 9.47 Å². The lowest BCUT2D eigenvalue weighted by Gasteiger charge is -1.99. The third-order valence-electron chi connectivity index (χ3n) is 2.44. The predicted molar refractivity (Wildman–Crippen MR) is 49.0 cm³/mol. The molecule has 74 valence electrons. The number of nitrogens with zero attached hydrogens (tertiary/aromatic N) is 2. The quantitative estimate of drug-likeness (QED) is 0.615. The Kier molecular flexibility index (Phi) is 1.75. The number of amides is 2. The fraction of sp³-hybridized carbons (Fsp3) is 0.667. The monoisotopic (exact) mass is 194 g/mol. The summed E-state index contributed by atoms with van der Waals surface area (Å²) in [6.45, 7) is 1.56. The van der Waals surface area contributed by atoms with Crippen LogP contribution < -0.4 is 0 Å². The molecule has 0 spiro atoms. The number of urea groups is 1. The zero-order chi connectivity index (χ0) is 9.54. The van der Waals surface area contributed by atoms with Gasteiger partial charge in [0.25, 0.3) is 0 Å². The number of carbonyl (C=O) groups is 1. The van der Waals surface area contributed by atoms with Gasteiger partial charge in [-0.1, -0.05) is 0 Å². The van der Waals surface area contributed by atoms with Gasteiger partial charge in [0.15, 0.2) is 0 Å². The highest BCUT2D eigenvalue weighted by molar-refractivity contribution is 6.48. The molecule has 2 atom stereocenters. The lowest BCUT2D eigenvalue weighted by atomic mass is 10.1. The predicted octanol–water partition coefficient (Wildman–Crippen LogP) is 0.580. The summed E-state index contributed by atoms with van der Waals surface area (Å²) >= 11 is 0. The number of carbonyl (C=O) groups excluding carboxylic acids is 1. The minimum atomic E-state index is -0.378. The molecule has 0 N–H and O–H groups in total. The second-order valence-corrected chi connectivity index (χ2v) is 3.72. The molecule has 5 heteroatoms. The average molecular weight is 194 g/mol. The maximum absolute atomic E-state index is 11.0. The van der Waals surface area contributed by atoms with Crippen LogP contribution >= 0.6 is 0 Å². The summed E-state index contributed by atoms with van der Waals surface area (Å²) in [6, 6.07) is -0.378. The molecule has 3 aliphatic rings. The molecule has 14 heavy (non-hydrogen) atoms. The molecule has 0 aliphatic carbocycles. The van der Waals surface area contributed by atoms with Gasteiger partial charge in [-0.2, -0.15) is 9.98 Å². The fourth-order valence-electron chi connectivity index (χ4n) is 1.51. The molecule has 2 fully saturated rings. The number of rotatable bonds is 4. The van der Waals surface area contributed by atoms with E-state index in [0.29, 0.717) is 0 Å². The van der Waals surface area contributed by atoms with Crippen molar-refractivity contribution >= 4 is 17.5 Å². The van der Waals surface area contributed by atoms with E-state index < -0.39 is 0 Å². The molecule has 0 aromatic heterocycles. The number of aliphatic imine (C=N–C) groups is 2. The van der Waals surface area contributed by atoms with Crippen LogP contribution in [-0.4, -0.2) is 42.9 Å². The third-order valence-corrected chi connectivity index (χ3v) is 2.44. The van der Waals surface area contributed by atoms with Gasteiger partial charge in [0.2, 0.25) is 0 Å². The molecular formula is C9H10N2O3. The molecule has 2 unspecified atom stereocenters. The van der Waals surface area contributed by atoms with Gasteiger partial charge < -0.3 is 9.47 Å². The van der Waals surface area contributed by atoms with Crippen LogP contribution in [0.1, 0.15) is 12.8 Å². The van der Waals surface area contributed by atoms with E-state index >= 15 is 0 Å². The standard InChI is InChI=1S/C9H10N2O3/c12-9-10-7(1-5-3-13-5)8(11-9)2-6-4-14-6/h5-6H,1-4H2. The van der Waals surface area contributed by atoms with Gasteiger partial charge in [-0.15, -0.1) is 0 Å². The Hall–Kier alpha value is -1.07. The molecule has 0 radical (unpaired) electrons. The Morgan fingerprint density at radius 3 is 1.86 bits per heavy atom. The molecule has 3 rings (SSSR count). The smallest absolute Gasteiger partial charge is 0.367 e. The van der Waals surface area contributed by atoms with E-state index in [1.165, 1.54) is 0 Å². The van der Waals surface area contributed by atoms with E-state index in [-0.39, 0.29) is 18.2 Å². The minimum absolute atomic E-state index is 0.255. The molecule has 3 aliphatic heterocycles. The van der Waals surface area contributed by atoms with Gasteiger partial charge in [-0.05, 0) is 0 Å². The lowest BCUT2D eigenvalue weighted by Crippen LogP contribution is -2.15. The second-order valence-electron chi connectivity index (χ2n) is 3.72. The largest absolute Gasteiger partial charge is 0.373 e. The Labute approximate surface area is 80.8 Å². The molecule has 3 heterocycles. The van der Waals surface area contributed by atoms with Crippen molar-refractivity contribution in [2.45, 2.75) is 25.0 Å². The number of epoxide rings is 2. The number of hydrogen-bond acceptors (Lipinski definition) is 3. The van der Waals surface area contributed by atoms with Gasteiger partial charge in [-0.25, -0.2) is 4.79 Å². The first-order chi connectivity index (χ1) is 6.81. The Balaban J connectivity index is 1.69. The summed E-state index contributed by atoms with van der Waals surface area (Å²) in [5, 5.41) is 0. The summed E-state index contributed by atoms with van der Waals surface area (Å²) in [4.78, 5) is 18.7. The zero-order valence-electron chi connectivity index (χ0n) is 7.60. The lowest BCUT2D eigenvalue weighted by molar-refractivity contribution is 0.257. The fourth-order valence-corrected chi connectivity index (χ4v) is 1.51. The van der Waals surface area contributed by atoms with Crippen molar-refractivity contribution in [3.63, 3.8) is 0 Å².